The number of phenols is 1. The first-order valence-corrected chi connectivity index (χ1v) is 12.2. The van der Waals surface area contributed by atoms with Gasteiger partial charge < -0.3 is 25.4 Å². The van der Waals surface area contributed by atoms with Crippen molar-refractivity contribution in [3.63, 3.8) is 0 Å². The Labute approximate surface area is 217 Å². The summed E-state index contributed by atoms with van der Waals surface area (Å²) in [6.45, 7) is 8.80. The van der Waals surface area contributed by atoms with Gasteiger partial charge in [0.2, 0.25) is 5.91 Å². The molecule has 8 heteroatoms. The van der Waals surface area contributed by atoms with Crippen molar-refractivity contribution in [3.05, 3.63) is 72.3 Å². The lowest BCUT2D eigenvalue weighted by Crippen LogP contribution is -2.53. The van der Waals surface area contributed by atoms with E-state index in [0.717, 1.165) is 10.8 Å². The van der Waals surface area contributed by atoms with Gasteiger partial charge in [-0.2, -0.15) is 0 Å². The van der Waals surface area contributed by atoms with Crippen molar-refractivity contribution in [2.24, 2.45) is 5.92 Å². The van der Waals surface area contributed by atoms with Crippen LogP contribution in [-0.4, -0.2) is 46.6 Å². The second-order valence-electron chi connectivity index (χ2n) is 10.4. The van der Waals surface area contributed by atoms with E-state index in [9.17, 15) is 19.5 Å². The van der Waals surface area contributed by atoms with Gasteiger partial charge in [0.1, 0.15) is 23.4 Å². The Morgan fingerprint density at radius 1 is 0.919 bits per heavy atom. The molecule has 2 atom stereocenters. The first kappa shape index (κ1) is 27.5. The molecule has 2 unspecified atom stereocenters. The van der Waals surface area contributed by atoms with Gasteiger partial charge in [0, 0.05) is 12.7 Å². The first-order valence-electron chi connectivity index (χ1n) is 12.2. The van der Waals surface area contributed by atoms with Gasteiger partial charge in [-0.3, -0.25) is 9.59 Å². The molecule has 3 amide bonds. The quantitative estimate of drug-likeness (QED) is 0.407. The van der Waals surface area contributed by atoms with Gasteiger partial charge in [-0.15, -0.1) is 0 Å². The minimum absolute atomic E-state index is 0.0332. The normalized spacial score (nSPS) is 13.1. The summed E-state index contributed by atoms with van der Waals surface area (Å²) in [6, 6.07) is 17.5. The minimum Gasteiger partial charge on any atom is -0.508 e. The van der Waals surface area contributed by atoms with E-state index in [1.807, 2.05) is 36.4 Å². The highest BCUT2D eigenvalue weighted by molar-refractivity contribution is 6.00. The standard InChI is InChI=1S/C29H35N3O5/c1-18(2)24(31-28(36)37-29(3,4)5)27(35)32(6)25(21-12-9-13-23(33)17-21)26(34)30-22-15-14-19-10-7-8-11-20(19)16-22/h7-18,24-25,33H,1-6H3,(H,30,34)(H,31,36). The lowest BCUT2D eigenvalue weighted by atomic mass is 9.99. The zero-order valence-corrected chi connectivity index (χ0v) is 22.1. The number of nitrogens with zero attached hydrogens (tertiary/aromatic N) is 1. The van der Waals surface area contributed by atoms with Crippen molar-refractivity contribution in [2.75, 3.05) is 12.4 Å². The maximum absolute atomic E-state index is 13.6. The number of hydrogen-bond acceptors (Lipinski definition) is 5. The van der Waals surface area contributed by atoms with E-state index in [0.29, 0.717) is 11.3 Å². The molecular formula is C29H35N3O5. The second kappa shape index (κ2) is 11.3. The highest BCUT2D eigenvalue weighted by Gasteiger charge is 2.35. The number of anilines is 1. The summed E-state index contributed by atoms with van der Waals surface area (Å²) in [5.41, 5.74) is 0.264. The third-order valence-corrected chi connectivity index (χ3v) is 5.79. The van der Waals surface area contributed by atoms with Crippen molar-refractivity contribution in [1.29, 1.82) is 0 Å². The molecule has 0 bridgehead atoms. The van der Waals surface area contributed by atoms with Crippen molar-refractivity contribution in [3.8, 4) is 5.75 Å². The SMILES string of the molecule is CC(C)C(NC(=O)OC(C)(C)C)C(=O)N(C)C(C(=O)Nc1ccc2ccccc2c1)c1cccc(O)c1. The van der Waals surface area contributed by atoms with Crippen molar-refractivity contribution >= 4 is 34.4 Å². The molecule has 3 aromatic rings. The van der Waals surface area contributed by atoms with Crippen molar-refractivity contribution in [1.82, 2.24) is 10.2 Å². The first-order chi connectivity index (χ1) is 17.4. The van der Waals surface area contributed by atoms with E-state index in [-0.39, 0.29) is 11.7 Å². The number of carbonyl (C=O) groups excluding carboxylic acids is 3. The molecule has 0 saturated carbocycles. The molecule has 0 aliphatic heterocycles. The molecule has 0 radical (unpaired) electrons. The van der Waals surface area contributed by atoms with E-state index in [1.165, 1.54) is 24.1 Å². The molecule has 0 heterocycles. The van der Waals surface area contributed by atoms with E-state index >= 15 is 0 Å². The monoisotopic (exact) mass is 505 g/mol. The lowest BCUT2D eigenvalue weighted by Gasteiger charge is -2.33. The fraction of sp³-hybridized carbons (Fsp3) is 0.345. The summed E-state index contributed by atoms with van der Waals surface area (Å²) in [6.07, 6.45) is -0.720. The fourth-order valence-electron chi connectivity index (χ4n) is 4.02. The Balaban J connectivity index is 1.91. The molecule has 0 aliphatic carbocycles. The molecule has 0 spiro atoms. The Bertz CT molecular complexity index is 1280. The van der Waals surface area contributed by atoms with E-state index in [4.69, 9.17) is 4.74 Å². The van der Waals surface area contributed by atoms with Crippen LogP contribution in [0, 0.1) is 5.92 Å². The summed E-state index contributed by atoms with van der Waals surface area (Å²) < 4.78 is 5.34. The summed E-state index contributed by atoms with van der Waals surface area (Å²) >= 11 is 0. The van der Waals surface area contributed by atoms with Crippen molar-refractivity contribution < 1.29 is 24.2 Å². The van der Waals surface area contributed by atoms with Crippen LogP contribution >= 0.6 is 0 Å². The molecular weight excluding hydrogens is 470 g/mol. The third kappa shape index (κ3) is 7.22. The topological polar surface area (TPSA) is 108 Å². The number of phenolic OH excluding ortho intramolecular Hbond substituents is 1. The third-order valence-electron chi connectivity index (χ3n) is 5.79. The molecule has 3 aromatic carbocycles. The van der Waals surface area contributed by atoms with Crippen LogP contribution in [-0.2, 0) is 14.3 Å². The van der Waals surface area contributed by atoms with Gasteiger partial charge in [0.05, 0.1) is 0 Å². The molecule has 37 heavy (non-hydrogen) atoms. The molecule has 8 nitrogen and oxygen atoms in total. The Hall–Kier alpha value is -4.07. The number of benzene rings is 3. The Kier molecular flexibility index (Phi) is 8.42. The number of carbonyl (C=O) groups is 3. The number of ether oxygens (including phenoxy) is 1. The van der Waals surface area contributed by atoms with Gasteiger partial charge in [-0.05, 0) is 67.3 Å². The van der Waals surface area contributed by atoms with Crippen LogP contribution in [0.5, 0.6) is 5.75 Å². The maximum atomic E-state index is 13.6. The van der Waals surface area contributed by atoms with Crippen LogP contribution in [0.25, 0.3) is 10.8 Å². The predicted octanol–water partition coefficient (Wildman–Crippen LogP) is 5.23. The largest absolute Gasteiger partial charge is 0.508 e. The summed E-state index contributed by atoms with van der Waals surface area (Å²) in [5.74, 6) is -1.25. The van der Waals surface area contributed by atoms with E-state index in [2.05, 4.69) is 10.6 Å². The van der Waals surface area contributed by atoms with Gasteiger partial charge >= 0.3 is 6.09 Å². The molecule has 3 N–H and O–H groups in total. The lowest BCUT2D eigenvalue weighted by molar-refractivity contribution is -0.140. The summed E-state index contributed by atoms with van der Waals surface area (Å²) in [7, 11) is 1.50. The van der Waals surface area contributed by atoms with Gasteiger partial charge in [0.15, 0.2) is 0 Å². The van der Waals surface area contributed by atoms with Crippen LogP contribution in [0.1, 0.15) is 46.2 Å². The number of fused-ring (bicyclic) bond motifs is 1. The molecule has 0 saturated heterocycles. The number of aromatic hydroxyl groups is 1. The average Bonchev–Trinajstić information content (AvgIpc) is 2.81. The Morgan fingerprint density at radius 3 is 2.22 bits per heavy atom. The predicted molar refractivity (Wildman–Crippen MR) is 144 cm³/mol. The zero-order valence-electron chi connectivity index (χ0n) is 22.1. The van der Waals surface area contributed by atoms with Gasteiger partial charge in [-0.1, -0.05) is 56.3 Å². The molecule has 0 aromatic heterocycles. The number of rotatable bonds is 7. The maximum Gasteiger partial charge on any atom is 0.408 e. The zero-order chi connectivity index (χ0) is 27.3. The molecule has 0 aliphatic rings. The molecule has 0 fully saturated rings. The van der Waals surface area contributed by atoms with Crippen LogP contribution in [0.15, 0.2) is 66.7 Å². The molecule has 3 rings (SSSR count). The fourth-order valence-corrected chi connectivity index (χ4v) is 4.02. The minimum atomic E-state index is -1.08. The van der Waals surface area contributed by atoms with Crippen LogP contribution in [0.2, 0.25) is 0 Å². The summed E-state index contributed by atoms with van der Waals surface area (Å²) in [5, 5.41) is 17.6. The Morgan fingerprint density at radius 2 is 1.59 bits per heavy atom. The van der Waals surface area contributed by atoms with E-state index < -0.39 is 35.6 Å². The molecule has 196 valence electrons. The number of nitrogens with one attached hydrogen (secondary N) is 2. The number of alkyl carbamates (subject to hydrolysis) is 1. The van der Waals surface area contributed by atoms with Gasteiger partial charge in [0.25, 0.3) is 5.91 Å². The summed E-state index contributed by atoms with van der Waals surface area (Å²) in [4.78, 5) is 41.0. The highest BCUT2D eigenvalue weighted by Crippen LogP contribution is 2.27. The van der Waals surface area contributed by atoms with Crippen molar-refractivity contribution in [2.45, 2.75) is 52.3 Å². The van der Waals surface area contributed by atoms with Crippen LogP contribution in [0.4, 0.5) is 10.5 Å². The number of likely N-dealkylation sites (N-methyl/N-ethyl adjacent to an activating group) is 1. The number of hydrogen-bond donors (Lipinski definition) is 3. The smallest absolute Gasteiger partial charge is 0.408 e. The van der Waals surface area contributed by atoms with E-state index in [1.54, 1.807) is 52.8 Å². The highest BCUT2D eigenvalue weighted by atomic mass is 16.6. The second-order valence-corrected chi connectivity index (χ2v) is 10.4. The van der Waals surface area contributed by atoms with Crippen LogP contribution in [0.3, 0.4) is 0 Å². The van der Waals surface area contributed by atoms with Gasteiger partial charge in [-0.25, -0.2) is 4.79 Å². The number of amides is 3. The van der Waals surface area contributed by atoms with Crippen LogP contribution < -0.4 is 10.6 Å². The average molecular weight is 506 g/mol.